The molecule has 0 aliphatic rings. The maximum atomic E-state index is 5.70. The van der Waals surface area contributed by atoms with E-state index in [-0.39, 0.29) is 0 Å². The first-order valence-corrected chi connectivity index (χ1v) is 9.24. The standard InChI is InChI=1S/C17H29N2O3Si/c1-20-23(21-2)22-16-7-6-13-19(15-12-18)14-8-11-17-9-4-3-5-10-17/h3-5,8-11H,6-7,12-16,18H2,1-2H3/b11-8+. The molecule has 0 aliphatic heterocycles. The molecular formula is C17H29N2O3Si. The van der Waals surface area contributed by atoms with Gasteiger partial charge in [0.1, 0.15) is 0 Å². The fraction of sp³-hybridized carbons (Fsp3) is 0.529. The lowest BCUT2D eigenvalue weighted by molar-refractivity contribution is 0.131. The van der Waals surface area contributed by atoms with E-state index < -0.39 is 9.53 Å². The number of unbranched alkanes of at least 4 members (excludes halogenated alkanes) is 1. The van der Waals surface area contributed by atoms with Crippen molar-refractivity contribution in [3.8, 4) is 0 Å². The van der Waals surface area contributed by atoms with E-state index in [0.29, 0.717) is 13.2 Å². The second kappa shape index (κ2) is 13.4. The molecule has 0 atom stereocenters. The van der Waals surface area contributed by atoms with Crippen LogP contribution in [0, 0.1) is 0 Å². The predicted octanol–water partition coefficient (Wildman–Crippen LogP) is 2.04. The summed E-state index contributed by atoms with van der Waals surface area (Å²) in [6.07, 6.45) is 6.41. The molecule has 0 spiro atoms. The Morgan fingerprint density at radius 2 is 1.83 bits per heavy atom. The van der Waals surface area contributed by atoms with Gasteiger partial charge in [0.15, 0.2) is 0 Å². The molecule has 0 saturated carbocycles. The van der Waals surface area contributed by atoms with Gasteiger partial charge in [-0.3, -0.25) is 4.90 Å². The zero-order valence-corrected chi connectivity index (χ0v) is 15.2. The van der Waals surface area contributed by atoms with Crippen LogP contribution in [0.2, 0.25) is 0 Å². The van der Waals surface area contributed by atoms with Crippen LogP contribution in [0.3, 0.4) is 0 Å². The van der Waals surface area contributed by atoms with Gasteiger partial charge in [0.25, 0.3) is 0 Å². The van der Waals surface area contributed by atoms with Crippen LogP contribution in [-0.2, 0) is 13.3 Å². The first-order valence-electron chi connectivity index (χ1n) is 8.02. The fourth-order valence-electron chi connectivity index (χ4n) is 2.17. The van der Waals surface area contributed by atoms with Crippen LogP contribution in [0.15, 0.2) is 36.4 Å². The molecule has 1 aromatic carbocycles. The fourth-order valence-corrected chi connectivity index (χ4v) is 2.89. The molecule has 6 heteroatoms. The molecule has 23 heavy (non-hydrogen) atoms. The Labute approximate surface area is 142 Å². The van der Waals surface area contributed by atoms with E-state index in [9.17, 15) is 0 Å². The Kier molecular flexibility index (Phi) is 11.7. The number of hydrogen-bond donors (Lipinski definition) is 1. The van der Waals surface area contributed by atoms with E-state index in [1.807, 2.05) is 18.2 Å². The summed E-state index contributed by atoms with van der Waals surface area (Å²) in [6, 6.07) is 10.3. The average molecular weight is 338 g/mol. The second-order valence-corrected chi connectivity index (χ2v) is 6.72. The number of nitrogens with zero attached hydrogens (tertiary/aromatic N) is 1. The van der Waals surface area contributed by atoms with E-state index in [0.717, 1.165) is 32.5 Å². The molecule has 0 aliphatic carbocycles. The zero-order valence-electron chi connectivity index (χ0n) is 14.2. The third-order valence-corrected chi connectivity index (χ3v) is 4.45. The monoisotopic (exact) mass is 337 g/mol. The van der Waals surface area contributed by atoms with Crippen molar-refractivity contribution in [2.75, 3.05) is 47.0 Å². The Hall–Kier alpha value is -1.02. The largest absolute Gasteiger partial charge is 0.577 e. The lowest BCUT2D eigenvalue weighted by Crippen LogP contribution is -2.31. The molecule has 0 saturated heterocycles. The molecule has 0 aromatic heterocycles. The van der Waals surface area contributed by atoms with Crippen molar-refractivity contribution in [1.29, 1.82) is 0 Å². The Bertz CT molecular complexity index is 414. The van der Waals surface area contributed by atoms with Crippen LogP contribution in [0.1, 0.15) is 18.4 Å². The molecule has 0 unspecified atom stereocenters. The summed E-state index contributed by atoms with van der Waals surface area (Å²) in [7, 11) is 1.70. The minimum Gasteiger partial charge on any atom is -0.375 e. The number of benzene rings is 1. The lowest BCUT2D eigenvalue weighted by atomic mass is 10.2. The van der Waals surface area contributed by atoms with Gasteiger partial charge in [0.05, 0.1) is 0 Å². The summed E-state index contributed by atoms with van der Waals surface area (Å²) in [4.78, 5) is 2.36. The van der Waals surface area contributed by atoms with E-state index >= 15 is 0 Å². The lowest BCUT2D eigenvalue weighted by Gasteiger charge is -2.19. The number of hydrogen-bond acceptors (Lipinski definition) is 5. The quantitative estimate of drug-likeness (QED) is 0.441. The molecule has 1 radical (unpaired) electrons. The molecule has 1 rings (SSSR count). The highest BCUT2D eigenvalue weighted by atomic mass is 28.3. The first kappa shape index (κ1) is 20.0. The van der Waals surface area contributed by atoms with Crippen LogP contribution in [0.25, 0.3) is 6.08 Å². The van der Waals surface area contributed by atoms with E-state index in [1.54, 1.807) is 14.2 Å². The molecule has 0 heterocycles. The molecule has 1 aromatic rings. The van der Waals surface area contributed by atoms with E-state index in [1.165, 1.54) is 5.56 Å². The van der Waals surface area contributed by atoms with Crippen molar-refractivity contribution in [2.24, 2.45) is 5.73 Å². The van der Waals surface area contributed by atoms with Crippen molar-refractivity contribution in [3.05, 3.63) is 42.0 Å². The molecule has 5 nitrogen and oxygen atoms in total. The summed E-state index contributed by atoms with van der Waals surface area (Å²) in [6.45, 7) is 4.19. The van der Waals surface area contributed by atoms with Gasteiger partial charge in [0.2, 0.25) is 0 Å². The maximum Gasteiger partial charge on any atom is 0.577 e. The summed E-state index contributed by atoms with van der Waals surface area (Å²) in [5.41, 5.74) is 6.92. The number of rotatable bonds is 13. The van der Waals surface area contributed by atoms with E-state index in [4.69, 9.17) is 19.0 Å². The molecule has 0 bridgehead atoms. The van der Waals surface area contributed by atoms with E-state index in [2.05, 4.69) is 29.2 Å². The van der Waals surface area contributed by atoms with Crippen LogP contribution in [0.4, 0.5) is 0 Å². The van der Waals surface area contributed by atoms with Gasteiger partial charge >= 0.3 is 9.53 Å². The Morgan fingerprint density at radius 3 is 2.48 bits per heavy atom. The summed E-state index contributed by atoms with van der Waals surface area (Å²) in [5.74, 6) is 0. The van der Waals surface area contributed by atoms with Gasteiger partial charge in [-0.1, -0.05) is 42.5 Å². The van der Waals surface area contributed by atoms with Crippen LogP contribution < -0.4 is 5.73 Å². The van der Waals surface area contributed by atoms with Gasteiger partial charge in [-0.25, -0.2) is 0 Å². The third kappa shape index (κ3) is 9.65. The maximum absolute atomic E-state index is 5.70. The Morgan fingerprint density at radius 1 is 1.09 bits per heavy atom. The van der Waals surface area contributed by atoms with Crippen LogP contribution in [-0.4, -0.2) is 61.4 Å². The molecular weight excluding hydrogens is 308 g/mol. The van der Waals surface area contributed by atoms with Gasteiger partial charge in [-0.2, -0.15) is 0 Å². The molecule has 129 valence electrons. The minimum atomic E-state index is -1.52. The van der Waals surface area contributed by atoms with Crippen molar-refractivity contribution in [2.45, 2.75) is 12.8 Å². The SMILES string of the molecule is CO[Si](OC)OCCCCN(C/C=C/c1ccccc1)CCN. The molecule has 0 amide bonds. The molecule has 0 fully saturated rings. The zero-order chi connectivity index (χ0) is 16.8. The van der Waals surface area contributed by atoms with Gasteiger partial charge in [-0.05, 0) is 24.9 Å². The normalized spacial score (nSPS) is 11.9. The third-order valence-electron chi connectivity index (χ3n) is 3.34. The number of nitrogens with two attached hydrogens (primary N) is 1. The molecule has 2 N–H and O–H groups in total. The van der Waals surface area contributed by atoms with Gasteiger partial charge < -0.3 is 19.0 Å². The summed E-state index contributed by atoms with van der Waals surface area (Å²) in [5, 5.41) is 0. The van der Waals surface area contributed by atoms with Crippen molar-refractivity contribution >= 4 is 15.6 Å². The topological polar surface area (TPSA) is 57.0 Å². The smallest absolute Gasteiger partial charge is 0.375 e. The van der Waals surface area contributed by atoms with Crippen molar-refractivity contribution in [3.63, 3.8) is 0 Å². The highest BCUT2D eigenvalue weighted by molar-refractivity contribution is 6.36. The van der Waals surface area contributed by atoms with Gasteiger partial charge in [0, 0.05) is 40.5 Å². The second-order valence-electron chi connectivity index (χ2n) is 5.12. The highest BCUT2D eigenvalue weighted by Gasteiger charge is 2.13. The summed E-state index contributed by atoms with van der Waals surface area (Å²) < 4.78 is 15.7. The highest BCUT2D eigenvalue weighted by Crippen LogP contribution is 2.02. The van der Waals surface area contributed by atoms with Crippen molar-refractivity contribution < 1.29 is 13.3 Å². The summed E-state index contributed by atoms with van der Waals surface area (Å²) >= 11 is 0. The van der Waals surface area contributed by atoms with Gasteiger partial charge in [-0.15, -0.1) is 0 Å². The van der Waals surface area contributed by atoms with Crippen LogP contribution in [0.5, 0.6) is 0 Å². The van der Waals surface area contributed by atoms with Crippen LogP contribution >= 0.6 is 0 Å². The Balaban J connectivity index is 2.22. The first-order chi connectivity index (χ1) is 11.3. The predicted molar refractivity (Wildman–Crippen MR) is 95.9 cm³/mol. The average Bonchev–Trinajstić information content (AvgIpc) is 2.59. The minimum absolute atomic E-state index is 0.673. The van der Waals surface area contributed by atoms with Crippen molar-refractivity contribution in [1.82, 2.24) is 4.90 Å².